The van der Waals surface area contributed by atoms with Crippen molar-refractivity contribution in [2.45, 2.75) is 65.7 Å². The number of hydrogen-bond donors (Lipinski definition) is 5. The Labute approximate surface area is 174 Å². The first-order chi connectivity index (χ1) is 13.2. The van der Waals surface area contributed by atoms with Gasteiger partial charge in [-0.15, -0.1) is 0 Å². The van der Waals surface area contributed by atoms with Crippen LogP contribution in [0.1, 0.15) is 66.0 Å². The third-order valence-electron chi connectivity index (χ3n) is 4.55. The van der Waals surface area contributed by atoms with Crippen LogP contribution in [-0.2, 0) is 15.6 Å². The third kappa shape index (κ3) is 8.20. The molecule has 0 spiro atoms. The molecule has 0 radical (unpaired) electrons. The Kier molecular flexibility index (Phi) is 10.1. The lowest BCUT2D eigenvalue weighted by atomic mass is 9.79. The maximum absolute atomic E-state index is 10.7. The maximum atomic E-state index is 10.7. The van der Waals surface area contributed by atoms with Crippen molar-refractivity contribution in [1.82, 2.24) is 0 Å². The van der Waals surface area contributed by atoms with Crippen molar-refractivity contribution in [3.63, 3.8) is 0 Å². The lowest BCUT2D eigenvalue weighted by molar-refractivity contribution is -0.136. The van der Waals surface area contributed by atoms with Crippen LogP contribution in [0.25, 0.3) is 0 Å². The standard InChI is InChI=1S/C19H32O5.C3H6O2/c1-17(2,3)14-7-13(8-15(16(14)23)18(4,5)6)24-12-19(9-20,10-21)11-22;1-2-3(4)5/h7-8,20-23H,9-12H2,1-6H3;2H2,1H3,(H,4,5). The van der Waals surface area contributed by atoms with Gasteiger partial charge in [-0.1, -0.05) is 48.5 Å². The number of aliphatic carboxylic acids is 1. The Balaban J connectivity index is 0.00000139. The summed E-state index contributed by atoms with van der Waals surface area (Å²) in [7, 11) is 0. The number of carboxylic acids is 1. The van der Waals surface area contributed by atoms with E-state index in [9.17, 15) is 25.2 Å². The fraction of sp³-hybridized carbons (Fsp3) is 0.682. The van der Waals surface area contributed by atoms with Gasteiger partial charge in [-0.05, 0) is 23.0 Å². The Morgan fingerprint density at radius 1 is 0.897 bits per heavy atom. The van der Waals surface area contributed by atoms with Crippen molar-refractivity contribution in [1.29, 1.82) is 0 Å². The number of ether oxygens (including phenoxy) is 1. The lowest BCUT2D eigenvalue weighted by Gasteiger charge is -2.30. The normalized spacial score (nSPS) is 12.2. The largest absolute Gasteiger partial charge is 0.507 e. The van der Waals surface area contributed by atoms with E-state index in [-0.39, 0.29) is 49.4 Å². The van der Waals surface area contributed by atoms with E-state index >= 15 is 0 Å². The number of phenols is 1. The van der Waals surface area contributed by atoms with E-state index in [0.717, 1.165) is 11.1 Å². The molecule has 0 aromatic heterocycles. The number of hydrogen-bond acceptors (Lipinski definition) is 6. The topological polar surface area (TPSA) is 127 Å². The van der Waals surface area contributed by atoms with Gasteiger partial charge >= 0.3 is 5.97 Å². The molecular formula is C22H38O7. The summed E-state index contributed by atoms with van der Waals surface area (Å²) in [6, 6.07) is 3.56. The van der Waals surface area contributed by atoms with Crippen molar-refractivity contribution in [3.8, 4) is 11.5 Å². The fourth-order valence-corrected chi connectivity index (χ4v) is 2.36. The average Bonchev–Trinajstić information content (AvgIpc) is 2.62. The van der Waals surface area contributed by atoms with Crippen molar-refractivity contribution >= 4 is 5.97 Å². The first kappa shape index (κ1) is 27.2. The van der Waals surface area contributed by atoms with Crippen LogP contribution in [0.5, 0.6) is 11.5 Å². The Bertz CT molecular complexity index is 607. The van der Waals surface area contributed by atoms with E-state index in [0.29, 0.717) is 5.75 Å². The predicted molar refractivity (Wildman–Crippen MR) is 113 cm³/mol. The fourth-order valence-electron chi connectivity index (χ4n) is 2.36. The minimum atomic E-state index is -1.10. The van der Waals surface area contributed by atoms with Gasteiger partial charge < -0.3 is 30.3 Å². The first-order valence-electron chi connectivity index (χ1n) is 9.72. The number of benzene rings is 1. The van der Waals surface area contributed by atoms with Crippen LogP contribution < -0.4 is 4.74 Å². The average molecular weight is 415 g/mol. The highest BCUT2D eigenvalue weighted by Gasteiger charge is 2.31. The number of carbonyl (C=O) groups is 1. The zero-order valence-electron chi connectivity index (χ0n) is 18.7. The van der Waals surface area contributed by atoms with Crippen LogP contribution in [0, 0.1) is 5.41 Å². The summed E-state index contributed by atoms with van der Waals surface area (Å²) in [5.74, 6) is 0.0625. The van der Waals surface area contributed by atoms with Crippen LogP contribution >= 0.6 is 0 Å². The van der Waals surface area contributed by atoms with Gasteiger partial charge in [0.2, 0.25) is 0 Å². The third-order valence-corrected chi connectivity index (χ3v) is 4.55. The Morgan fingerprint density at radius 3 is 1.48 bits per heavy atom. The van der Waals surface area contributed by atoms with Gasteiger partial charge in [0.05, 0.1) is 25.2 Å². The van der Waals surface area contributed by atoms with Gasteiger partial charge in [-0.3, -0.25) is 4.79 Å². The van der Waals surface area contributed by atoms with Crippen LogP contribution in [0.4, 0.5) is 0 Å². The highest BCUT2D eigenvalue weighted by Crippen LogP contribution is 2.41. The minimum Gasteiger partial charge on any atom is -0.507 e. The van der Waals surface area contributed by atoms with Gasteiger partial charge in [0.1, 0.15) is 18.1 Å². The van der Waals surface area contributed by atoms with Crippen LogP contribution in [0.15, 0.2) is 12.1 Å². The second kappa shape index (κ2) is 10.8. The molecule has 0 bridgehead atoms. The SMILES string of the molecule is CC(C)(C)c1cc(OCC(CO)(CO)CO)cc(C(C)(C)C)c1O.CCC(=O)O. The molecule has 0 atom stereocenters. The summed E-state index contributed by atoms with van der Waals surface area (Å²) < 4.78 is 5.78. The van der Waals surface area contributed by atoms with E-state index in [4.69, 9.17) is 9.84 Å². The Hall–Kier alpha value is -1.83. The maximum Gasteiger partial charge on any atom is 0.303 e. The number of carboxylic acid groups (broad SMARTS) is 1. The number of aromatic hydroxyl groups is 1. The molecule has 168 valence electrons. The molecule has 0 amide bonds. The molecule has 0 saturated carbocycles. The molecule has 1 aromatic rings. The summed E-state index contributed by atoms with van der Waals surface area (Å²) in [5, 5.41) is 46.7. The second-order valence-electron chi connectivity index (χ2n) is 9.38. The van der Waals surface area contributed by atoms with Crippen molar-refractivity contribution < 1.29 is 35.1 Å². The van der Waals surface area contributed by atoms with Crippen LogP contribution in [0.3, 0.4) is 0 Å². The van der Waals surface area contributed by atoms with Gasteiger partial charge in [-0.2, -0.15) is 0 Å². The summed E-state index contributed by atoms with van der Waals surface area (Å²) in [6.07, 6.45) is 0.222. The van der Waals surface area contributed by atoms with Crippen molar-refractivity contribution in [2.24, 2.45) is 5.41 Å². The first-order valence-corrected chi connectivity index (χ1v) is 9.72. The van der Waals surface area contributed by atoms with Gasteiger partial charge in [0.15, 0.2) is 0 Å². The number of aliphatic hydroxyl groups excluding tert-OH is 3. The van der Waals surface area contributed by atoms with E-state index in [1.54, 1.807) is 19.1 Å². The monoisotopic (exact) mass is 414 g/mol. The molecule has 0 fully saturated rings. The zero-order chi connectivity index (χ0) is 23.0. The quantitative estimate of drug-likeness (QED) is 0.464. The number of phenolic OH excluding ortho intramolecular Hbond substituents is 1. The van der Waals surface area contributed by atoms with Crippen molar-refractivity contribution in [2.75, 3.05) is 26.4 Å². The second-order valence-corrected chi connectivity index (χ2v) is 9.38. The molecular weight excluding hydrogens is 376 g/mol. The molecule has 0 aliphatic rings. The summed E-state index contributed by atoms with van der Waals surface area (Å²) in [4.78, 5) is 9.37. The molecule has 0 aliphatic carbocycles. The van der Waals surface area contributed by atoms with Gasteiger partial charge in [0.25, 0.3) is 0 Å². The molecule has 1 rings (SSSR count). The van der Waals surface area contributed by atoms with Crippen LogP contribution in [-0.4, -0.2) is 57.9 Å². The van der Waals surface area contributed by atoms with Gasteiger partial charge in [0, 0.05) is 17.5 Å². The van der Waals surface area contributed by atoms with E-state index < -0.39 is 11.4 Å². The van der Waals surface area contributed by atoms with E-state index in [2.05, 4.69) is 0 Å². The lowest BCUT2D eigenvalue weighted by Crippen LogP contribution is -2.39. The van der Waals surface area contributed by atoms with Gasteiger partial charge in [-0.25, -0.2) is 0 Å². The number of aliphatic hydroxyl groups is 3. The molecule has 1 aromatic carbocycles. The van der Waals surface area contributed by atoms with E-state index in [1.807, 2.05) is 41.5 Å². The molecule has 29 heavy (non-hydrogen) atoms. The Morgan fingerprint density at radius 2 is 1.24 bits per heavy atom. The summed E-state index contributed by atoms with van der Waals surface area (Å²) in [6.45, 7) is 12.5. The zero-order valence-corrected chi connectivity index (χ0v) is 18.7. The molecule has 0 unspecified atom stereocenters. The molecule has 7 heteroatoms. The minimum absolute atomic E-state index is 0.0194. The van der Waals surface area contributed by atoms with E-state index in [1.165, 1.54) is 0 Å². The van der Waals surface area contributed by atoms with Crippen molar-refractivity contribution in [3.05, 3.63) is 23.3 Å². The number of rotatable bonds is 7. The molecule has 0 saturated heterocycles. The molecule has 7 nitrogen and oxygen atoms in total. The smallest absolute Gasteiger partial charge is 0.303 e. The molecule has 5 N–H and O–H groups in total. The molecule has 0 heterocycles. The molecule has 0 aliphatic heterocycles. The highest BCUT2D eigenvalue weighted by molar-refractivity contribution is 5.66. The summed E-state index contributed by atoms with van der Waals surface area (Å²) >= 11 is 0. The summed E-state index contributed by atoms with van der Waals surface area (Å²) in [5.41, 5.74) is -0.0985. The van der Waals surface area contributed by atoms with Crippen LogP contribution in [0.2, 0.25) is 0 Å². The highest BCUT2D eigenvalue weighted by atomic mass is 16.5. The predicted octanol–water partition coefficient (Wildman–Crippen LogP) is 2.81.